The molecule has 1 N–H and O–H groups in total. The zero-order valence-electron chi connectivity index (χ0n) is 25.5. The number of anilines is 1. The molecule has 1 aliphatic heterocycles. The lowest BCUT2D eigenvalue weighted by atomic mass is 10.0. The SMILES string of the molecule is CS(=O)(=O)N(CCCC(=O)N(Cc1cccc(Br)c1)[C@@H](Cc1ccccc1)C(=O)NC1CCCC1)c1ccc2c(c1)OCCO2. The Bertz CT molecular complexity index is 1580. The van der Waals surface area contributed by atoms with Crippen LogP contribution in [0, 0.1) is 0 Å². The standard InChI is InChI=1S/C34H40BrN3O6S/c1-45(41,42)38(29-16-17-31-32(23-29)44-20-19-43-31)18-8-15-33(39)37(24-26-11-7-12-27(35)21-26)30(22-25-9-3-2-4-10-25)34(40)36-28-13-5-6-14-28/h2-4,7,9-12,16-17,21,23,28,30H,5-6,8,13-15,18-20,22,24H2,1H3,(H,36,40)/t30-/m0/s1. The van der Waals surface area contributed by atoms with Crippen LogP contribution in [0.4, 0.5) is 5.69 Å². The van der Waals surface area contributed by atoms with Gasteiger partial charge < -0.3 is 19.7 Å². The fraction of sp³-hybridized carbons (Fsp3) is 0.412. The molecule has 1 aliphatic carbocycles. The topological polar surface area (TPSA) is 105 Å². The highest BCUT2D eigenvalue weighted by Gasteiger charge is 2.32. The Morgan fingerprint density at radius 2 is 1.64 bits per heavy atom. The maximum atomic E-state index is 14.1. The van der Waals surface area contributed by atoms with Gasteiger partial charge in [0.25, 0.3) is 0 Å². The van der Waals surface area contributed by atoms with Crippen LogP contribution in [-0.4, -0.2) is 63.2 Å². The molecule has 1 heterocycles. The number of benzene rings is 3. The summed E-state index contributed by atoms with van der Waals surface area (Å²) >= 11 is 3.53. The van der Waals surface area contributed by atoms with Crippen molar-refractivity contribution < 1.29 is 27.5 Å². The summed E-state index contributed by atoms with van der Waals surface area (Å²) in [5, 5.41) is 3.22. The van der Waals surface area contributed by atoms with E-state index in [-0.39, 0.29) is 43.8 Å². The molecule has 0 radical (unpaired) electrons. The van der Waals surface area contributed by atoms with E-state index in [1.807, 2.05) is 54.6 Å². The summed E-state index contributed by atoms with van der Waals surface area (Å²) in [5.74, 6) is 0.675. The lowest BCUT2D eigenvalue weighted by Crippen LogP contribution is -2.52. The summed E-state index contributed by atoms with van der Waals surface area (Å²) in [4.78, 5) is 29.7. The Labute approximate surface area is 274 Å². The van der Waals surface area contributed by atoms with E-state index < -0.39 is 16.1 Å². The van der Waals surface area contributed by atoms with E-state index in [0.29, 0.717) is 36.8 Å². The molecule has 0 saturated heterocycles. The van der Waals surface area contributed by atoms with Gasteiger partial charge in [0.05, 0.1) is 11.9 Å². The first-order chi connectivity index (χ1) is 21.7. The van der Waals surface area contributed by atoms with Crippen molar-refractivity contribution in [2.75, 3.05) is 30.3 Å². The molecule has 0 unspecified atom stereocenters. The number of nitrogens with one attached hydrogen (secondary N) is 1. The minimum Gasteiger partial charge on any atom is -0.486 e. The van der Waals surface area contributed by atoms with Gasteiger partial charge in [0.1, 0.15) is 19.3 Å². The zero-order chi connectivity index (χ0) is 31.8. The molecule has 3 aromatic carbocycles. The first kappa shape index (κ1) is 32.8. The van der Waals surface area contributed by atoms with Crippen molar-refractivity contribution >= 4 is 43.5 Å². The zero-order valence-corrected chi connectivity index (χ0v) is 27.9. The van der Waals surface area contributed by atoms with Crippen LogP contribution in [0.15, 0.2) is 77.3 Å². The second kappa shape index (κ2) is 15.1. The predicted octanol–water partition coefficient (Wildman–Crippen LogP) is 5.47. The van der Waals surface area contributed by atoms with Gasteiger partial charge in [-0.3, -0.25) is 13.9 Å². The van der Waals surface area contributed by atoms with E-state index >= 15 is 0 Å². The van der Waals surface area contributed by atoms with Gasteiger partial charge in [-0.1, -0.05) is 71.2 Å². The Balaban J connectivity index is 1.37. The van der Waals surface area contributed by atoms with Crippen LogP contribution in [0.2, 0.25) is 0 Å². The molecule has 2 amide bonds. The second-order valence-electron chi connectivity index (χ2n) is 11.6. The van der Waals surface area contributed by atoms with Gasteiger partial charge in [0.2, 0.25) is 21.8 Å². The van der Waals surface area contributed by atoms with Crippen LogP contribution in [0.1, 0.15) is 49.7 Å². The molecule has 9 nitrogen and oxygen atoms in total. The molecule has 2 aliphatic rings. The van der Waals surface area contributed by atoms with Crippen molar-refractivity contribution in [2.24, 2.45) is 0 Å². The molecule has 0 spiro atoms. The monoisotopic (exact) mass is 697 g/mol. The third-order valence-electron chi connectivity index (χ3n) is 8.18. The molecular weight excluding hydrogens is 658 g/mol. The highest BCUT2D eigenvalue weighted by molar-refractivity contribution is 9.10. The summed E-state index contributed by atoms with van der Waals surface area (Å²) in [5.41, 5.74) is 2.29. The second-order valence-corrected chi connectivity index (χ2v) is 14.4. The van der Waals surface area contributed by atoms with E-state index in [2.05, 4.69) is 21.2 Å². The number of halogens is 1. The van der Waals surface area contributed by atoms with Gasteiger partial charge in [0, 0.05) is 42.5 Å². The minimum absolute atomic E-state index is 0.0621. The molecule has 11 heteroatoms. The minimum atomic E-state index is -3.66. The quantitative estimate of drug-likeness (QED) is 0.254. The van der Waals surface area contributed by atoms with Crippen LogP contribution >= 0.6 is 15.9 Å². The van der Waals surface area contributed by atoms with E-state index in [9.17, 15) is 18.0 Å². The fourth-order valence-electron chi connectivity index (χ4n) is 5.94. The summed E-state index contributed by atoms with van der Waals surface area (Å²) in [6.07, 6.45) is 5.87. The number of fused-ring (bicyclic) bond motifs is 1. The summed E-state index contributed by atoms with van der Waals surface area (Å²) < 4.78 is 39.1. The third kappa shape index (κ3) is 9.00. The van der Waals surface area contributed by atoms with Gasteiger partial charge in [-0.05, 0) is 54.7 Å². The average Bonchev–Trinajstić information content (AvgIpc) is 3.53. The van der Waals surface area contributed by atoms with Crippen molar-refractivity contribution in [3.8, 4) is 11.5 Å². The number of carbonyl (C=O) groups is 2. The Kier molecular flexibility index (Phi) is 11.0. The maximum absolute atomic E-state index is 14.1. The van der Waals surface area contributed by atoms with Crippen LogP contribution in [0.3, 0.4) is 0 Å². The molecule has 1 fully saturated rings. The highest BCUT2D eigenvalue weighted by Crippen LogP contribution is 2.35. The molecule has 0 aromatic heterocycles. The summed E-state index contributed by atoms with van der Waals surface area (Å²) in [6.45, 7) is 1.15. The number of nitrogens with zero attached hydrogens (tertiary/aromatic N) is 2. The first-order valence-corrected chi connectivity index (χ1v) is 18.1. The number of ether oxygens (including phenoxy) is 2. The third-order valence-corrected chi connectivity index (χ3v) is 9.87. The fourth-order valence-corrected chi connectivity index (χ4v) is 7.35. The Morgan fingerprint density at radius 3 is 2.36 bits per heavy atom. The number of amides is 2. The van der Waals surface area contributed by atoms with Crippen LogP contribution < -0.4 is 19.1 Å². The van der Waals surface area contributed by atoms with Crippen molar-refractivity contribution in [1.29, 1.82) is 0 Å². The smallest absolute Gasteiger partial charge is 0.243 e. The van der Waals surface area contributed by atoms with Crippen LogP contribution in [-0.2, 0) is 32.6 Å². The molecule has 240 valence electrons. The molecule has 0 bridgehead atoms. The number of hydrogen-bond acceptors (Lipinski definition) is 6. The molecule has 1 saturated carbocycles. The normalized spacial score (nSPS) is 15.3. The van der Waals surface area contributed by atoms with Crippen molar-refractivity contribution in [3.05, 3.63) is 88.4 Å². The number of carbonyl (C=O) groups excluding carboxylic acids is 2. The van der Waals surface area contributed by atoms with Crippen molar-refractivity contribution in [3.63, 3.8) is 0 Å². The Hall–Kier alpha value is -3.57. The molecule has 45 heavy (non-hydrogen) atoms. The Morgan fingerprint density at radius 1 is 0.933 bits per heavy atom. The number of rotatable bonds is 13. The highest BCUT2D eigenvalue weighted by atomic mass is 79.9. The number of sulfonamides is 1. The van der Waals surface area contributed by atoms with E-state index in [4.69, 9.17) is 9.47 Å². The number of hydrogen-bond donors (Lipinski definition) is 1. The van der Waals surface area contributed by atoms with Crippen LogP contribution in [0.5, 0.6) is 11.5 Å². The largest absolute Gasteiger partial charge is 0.486 e. The summed E-state index contributed by atoms with van der Waals surface area (Å²) in [7, 11) is -3.66. The molecule has 1 atom stereocenters. The van der Waals surface area contributed by atoms with Crippen LogP contribution in [0.25, 0.3) is 0 Å². The predicted molar refractivity (Wildman–Crippen MR) is 178 cm³/mol. The van der Waals surface area contributed by atoms with Crippen molar-refractivity contribution in [2.45, 2.75) is 63.6 Å². The van der Waals surface area contributed by atoms with E-state index in [0.717, 1.165) is 47.5 Å². The van der Waals surface area contributed by atoms with Crippen molar-refractivity contribution in [1.82, 2.24) is 10.2 Å². The van der Waals surface area contributed by atoms with E-state index in [1.54, 1.807) is 23.1 Å². The lowest BCUT2D eigenvalue weighted by molar-refractivity contribution is -0.141. The average molecular weight is 699 g/mol. The van der Waals surface area contributed by atoms with E-state index in [1.165, 1.54) is 4.31 Å². The molecule has 3 aromatic rings. The van der Waals surface area contributed by atoms with Gasteiger partial charge >= 0.3 is 0 Å². The maximum Gasteiger partial charge on any atom is 0.243 e. The van der Waals surface area contributed by atoms with Gasteiger partial charge in [0.15, 0.2) is 11.5 Å². The summed E-state index contributed by atoms with van der Waals surface area (Å²) in [6, 6.07) is 21.8. The molecular formula is C34H40BrN3O6S. The molecule has 5 rings (SSSR count). The van der Waals surface area contributed by atoms with Gasteiger partial charge in [-0.15, -0.1) is 0 Å². The lowest BCUT2D eigenvalue weighted by Gasteiger charge is -2.33. The van der Waals surface area contributed by atoms with Gasteiger partial charge in [-0.2, -0.15) is 0 Å². The van der Waals surface area contributed by atoms with Gasteiger partial charge in [-0.25, -0.2) is 8.42 Å². The first-order valence-electron chi connectivity index (χ1n) is 15.4.